The highest BCUT2D eigenvalue weighted by atomic mass is 35.5. The number of benzene rings is 1. The zero-order valence-electron chi connectivity index (χ0n) is 13.2. The molecule has 0 spiro atoms. The van der Waals surface area contributed by atoms with E-state index in [1.807, 2.05) is 0 Å². The van der Waals surface area contributed by atoms with Gasteiger partial charge in [0.05, 0.1) is 5.56 Å². The summed E-state index contributed by atoms with van der Waals surface area (Å²) in [6, 6.07) is 4.65. The number of phenols is 1. The van der Waals surface area contributed by atoms with Crippen LogP contribution < -0.4 is 5.32 Å². The van der Waals surface area contributed by atoms with Gasteiger partial charge in [-0.3, -0.25) is 4.79 Å². The molecule has 1 amide bonds. The molecule has 3 nitrogen and oxygen atoms in total. The van der Waals surface area contributed by atoms with Crippen LogP contribution in [0, 0.1) is 10.8 Å². The quantitative estimate of drug-likeness (QED) is 0.851. The first-order valence-electron chi connectivity index (χ1n) is 7.37. The Balaban J connectivity index is 2.14. The second kappa shape index (κ2) is 5.53. The van der Waals surface area contributed by atoms with Crippen molar-refractivity contribution in [2.45, 2.75) is 53.0 Å². The van der Waals surface area contributed by atoms with E-state index >= 15 is 0 Å². The number of carbonyl (C=O) groups excluding carboxylic acids is 1. The second-order valence-corrected chi connectivity index (χ2v) is 8.18. The van der Waals surface area contributed by atoms with Crippen molar-refractivity contribution in [1.82, 2.24) is 5.32 Å². The van der Waals surface area contributed by atoms with Gasteiger partial charge in [-0.25, -0.2) is 0 Å². The molecular weight excluding hydrogens is 286 g/mol. The zero-order valence-corrected chi connectivity index (χ0v) is 13.9. The van der Waals surface area contributed by atoms with E-state index in [0.29, 0.717) is 5.02 Å². The summed E-state index contributed by atoms with van der Waals surface area (Å²) in [5.74, 6) is -0.292. The van der Waals surface area contributed by atoms with Gasteiger partial charge in [0.2, 0.25) is 0 Å². The van der Waals surface area contributed by atoms with E-state index in [1.165, 1.54) is 12.1 Å². The van der Waals surface area contributed by atoms with Crippen molar-refractivity contribution >= 4 is 17.5 Å². The van der Waals surface area contributed by atoms with Gasteiger partial charge in [0.1, 0.15) is 5.75 Å². The van der Waals surface area contributed by atoms with Crippen molar-refractivity contribution in [3.63, 3.8) is 0 Å². The minimum atomic E-state index is -0.256. The van der Waals surface area contributed by atoms with Crippen molar-refractivity contribution in [1.29, 1.82) is 0 Å². The molecule has 0 aliphatic heterocycles. The number of amides is 1. The fourth-order valence-electron chi connectivity index (χ4n) is 3.90. The third-order valence-corrected chi connectivity index (χ3v) is 4.33. The molecule has 116 valence electrons. The summed E-state index contributed by atoms with van der Waals surface area (Å²) in [4.78, 5) is 12.4. The Morgan fingerprint density at radius 3 is 2.38 bits per heavy atom. The normalized spacial score (nSPS) is 21.0. The summed E-state index contributed by atoms with van der Waals surface area (Å²) in [6.45, 7) is 8.96. The molecule has 0 unspecified atom stereocenters. The van der Waals surface area contributed by atoms with Crippen LogP contribution in [0.5, 0.6) is 5.75 Å². The number of carbonyl (C=O) groups is 1. The molecule has 0 aromatic heterocycles. The molecule has 2 rings (SSSR count). The largest absolute Gasteiger partial charge is 0.507 e. The maximum Gasteiger partial charge on any atom is 0.255 e. The topological polar surface area (TPSA) is 49.3 Å². The van der Waals surface area contributed by atoms with E-state index in [-0.39, 0.29) is 34.1 Å². The Kier molecular flexibility index (Phi) is 4.25. The summed E-state index contributed by atoms with van der Waals surface area (Å²) in [5.41, 5.74) is 0.648. The van der Waals surface area contributed by atoms with Gasteiger partial charge in [-0.05, 0) is 48.3 Å². The SMILES string of the molecule is CC1(C)CC(NC(=O)c2cc(Cl)ccc2O)CC(C)(C)C1. The number of hydrogen-bond donors (Lipinski definition) is 2. The van der Waals surface area contributed by atoms with Crippen molar-refractivity contribution in [3.05, 3.63) is 28.8 Å². The smallest absolute Gasteiger partial charge is 0.255 e. The molecule has 1 saturated carbocycles. The van der Waals surface area contributed by atoms with Gasteiger partial charge in [0.25, 0.3) is 5.91 Å². The summed E-state index contributed by atoms with van der Waals surface area (Å²) >= 11 is 5.90. The van der Waals surface area contributed by atoms with Crippen molar-refractivity contribution in [2.75, 3.05) is 0 Å². The summed E-state index contributed by atoms with van der Waals surface area (Å²) < 4.78 is 0. The third-order valence-electron chi connectivity index (χ3n) is 4.09. The van der Waals surface area contributed by atoms with E-state index in [4.69, 9.17) is 11.6 Å². The Bertz CT molecular complexity index is 536. The summed E-state index contributed by atoms with van der Waals surface area (Å²) in [7, 11) is 0. The van der Waals surface area contributed by atoms with E-state index < -0.39 is 0 Å². The first kappa shape index (κ1) is 16.2. The van der Waals surface area contributed by atoms with Gasteiger partial charge in [0, 0.05) is 11.1 Å². The third kappa shape index (κ3) is 4.13. The lowest BCUT2D eigenvalue weighted by Gasteiger charge is -2.45. The number of rotatable bonds is 2. The maximum atomic E-state index is 12.4. The molecule has 1 aromatic carbocycles. The van der Waals surface area contributed by atoms with Crippen LogP contribution in [0.2, 0.25) is 5.02 Å². The van der Waals surface area contributed by atoms with Crippen LogP contribution >= 0.6 is 11.6 Å². The summed E-state index contributed by atoms with van der Waals surface area (Å²) in [5, 5.41) is 13.3. The van der Waals surface area contributed by atoms with Crippen LogP contribution in [0.25, 0.3) is 0 Å². The lowest BCUT2D eigenvalue weighted by molar-refractivity contribution is 0.0712. The molecule has 0 heterocycles. The fraction of sp³-hybridized carbons (Fsp3) is 0.588. The first-order chi connectivity index (χ1) is 9.58. The molecule has 2 N–H and O–H groups in total. The first-order valence-corrected chi connectivity index (χ1v) is 7.75. The van der Waals surface area contributed by atoms with Crippen LogP contribution in [0.3, 0.4) is 0 Å². The highest BCUT2D eigenvalue weighted by Gasteiger charge is 2.39. The number of aromatic hydroxyl groups is 1. The molecule has 1 fully saturated rings. The molecule has 1 aliphatic carbocycles. The summed E-state index contributed by atoms with van der Waals surface area (Å²) in [6.07, 6.45) is 3.04. The van der Waals surface area contributed by atoms with Gasteiger partial charge in [0.15, 0.2) is 0 Å². The van der Waals surface area contributed by atoms with Crippen molar-refractivity contribution < 1.29 is 9.90 Å². The van der Waals surface area contributed by atoms with Crippen LogP contribution in [0.4, 0.5) is 0 Å². The Morgan fingerprint density at radius 1 is 1.24 bits per heavy atom. The van der Waals surface area contributed by atoms with Crippen LogP contribution in [-0.4, -0.2) is 17.1 Å². The molecule has 0 saturated heterocycles. The van der Waals surface area contributed by atoms with Crippen molar-refractivity contribution in [2.24, 2.45) is 10.8 Å². The molecule has 1 aromatic rings. The fourth-order valence-corrected chi connectivity index (χ4v) is 4.07. The Morgan fingerprint density at radius 2 is 1.81 bits per heavy atom. The average molecular weight is 310 g/mol. The van der Waals surface area contributed by atoms with Crippen LogP contribution in [0.1, 0.15) is 57.3 Å². The van der Waals surface area contributed by atoms with E-state index in [0.717, 1.165) is 19.3 Å². The lowest BCUT2D eigenvalue weighted by atomic mass is 9.63. The van der Waals surface area contributed by atoms with Crippen molar-refractivity contribution in [3.8, 4) is 5.75 Å². The van der Waals surface area contributed by atoms with E-state index in [9.17, 15) is 9.90 Å². The number of phenolic OH excluding ortho intramolecular Hbond substituents is 1. The van der Waals surface area contributed by atoms with Gasteiger partial charge >= 0.3 is 0 Å². The minimum absolute atomic E-state index is 0.0359. The molecule has 0 bridgehead atoms. The highest BCUT2D eigenvalue weighted by molar-refractivity contribution is 6.31. The van der Waals surface area contributed by atoms with E-state index in [2.05, 4.69) is 33.0 Å². The van der Waals surface area contributed by atoms with Crippen LogP contribution in [-0.2, 0) is 0 Å². The van der Waals surface area contributed by atoms with Gasteiger partial charge in [-0.1, -0.05) is 39.3 Å². The highest BCUT2D eigenvalue weighted by Crippen LogP contribution is 2.45. The Hall–Kier alpha value is -1.22. The molecule has 0 atom stereocenters. The van der Waals surface area contributed by atoms with Gasteiger partial charge in [-0.2, -0.15) is 0 Å². The molecule has 21 heavy (non-hydrogen) atoms. The minimum Gasteiger partial charge on any atom is -0.507 e. The number of nitrogens with one attached hydrogen (secondary N) is 1. The predicted octanol–water partition coefficient (Wildman–Crippen LogP) is 4.38. The molecular formula is C17H24ClNO2. The van der Waals surface area contributed by atoms with Crippen LogP contribution in [0.15, 0.2) is 18.2 Å². The molecule has 4 heteroatoms. The zero-order chi connectivity index (χ0) is 15.8. The monoisotopic (exact) mass is 309 g/mol. The molecule has 0 radical (unpaired) electrons. The van der Waals surface area contributed by atoms with Gasteiger partial charge in [-0.15, -0.1) is 0 Å². The average Bonchev–Trinajstić information content (AvgIpc) is 2.27. The lowest BCUT2D eigenvalue weighted by Crippen LogP contribution is -2.46. The maximum absolute atomic E-state index is 12.4. The predicted molar refractivity (Wildman–Crippen MR) is 85.8 cm³/mol. The number of hydrogen-bond acceptors (Lipinski definition) is 2. The number of halogens is 1. The standard InChI is InChI=1S/C17H24ClNO2/c1-16(2)8-12(9-17(3,4)10-16)19-15(21)13-7-11(18)5-6-14(13)20/h5-7,12,20H,8-10H2,1-4H3,(H,19,21). The van der Waals surface area contributed by atoms with Gasteiger partial charge < -0.3 is 10.4 Å². The second-order valence-electron chi connectivity index (χ2n) is 7.75. The Labute approximate surface area is 131 Å². The van der Waals surface area contributed by atoms with E-state index in [1.54, 1.807) is 6.07 Å². The molecule has 1 aliphatic rings.